The predicted octanol–water partition coefficient (Wildman–Crippen LogP) is 3.80. The first-order valence-electron chi connectivity index (χ1n) is 6.93. The maximum Gasteiger partial charge on any atom is 0.321 e. The molecule has 0 aliphatic heterocycles. The van der Waals surface area contributed by atoms with Crippen LogP contribution in [0.1, 0.15) is 10.4 Å². The number of benzene rings is 2. The van der Waals surface area contributed by atoms with E-state index in [1.807, 2.05) is 0 Å². The standard InChI is InChI=1S/C17H11F2N3O2/c18-12-4-7-15(14(19)10-12)22-16(23)11-2-5-13(6-3-11)24-17-20-8-1-9-21-17/h1-10H,(H,22,23). The number of ether oxygens (including phenoxy) is 1. The van der Waals surface area contributed by atoms with E-state index in [1.165, 1.54) is 12.1 Å². The van der Waals surface area contributed by atoms with E-state index in [9.17, 15) is 13.6 Å². The van der Waals surface area contributed by atoms with E-state index < -0.39 is 17.5 Å². The maximum atomic E-state index is 13.5. The second-order valence-electron chi connectivity index (χ2n) is 4.74. The second kappa shape index (κ2) is 6.82. The molecule has 120 valence electrons. The molecule has 0 bridgehead atoms. The van der Waals surface area contributed by atoms with Crippen LogP contribution in [0.2, 0.25) is 0 Å². The molecule has 2 aromatic carbocycles. The number of halogens is 2. The van der Waals surface area contributed by atoms with Crippen molar-refractivity contribution in [2.75, 3.05) is 5.32 Å². The van der Waals surface area contributed by atoms with Crippen molar-refractivity contribution in [3.05, 3.63) is 78.1 Å². The molecule has 3 aromatic rings. The Bertz CT molecular complexity index is 855. The molecule has 5 nitrogen and oxygen atoms in total. The average Bonchev–Trinajstić information content (AvgIpc) is 2.59. The molecule has 0 saturated heterocycles. The Balaban J connectivity index is 1.69. The number of hydrogen-bond donors (Lipinski definition) is 1. The molecule has 1 N–H and O–H groups in total. The van der Waals surface area contributed by atoms with Crippen LogP contribution in [-0.4, -0.2) is 15.9 Å². The minimum absolute atomic E-state index is 0.0978. The Labute approximate surface area is 136 Å². The summed E-state index contributed by atoms with van der Waals surface area (Å²) in [7, 11) is 0. The molecule has 0 radical (unpaired) electrons. The lowest BCUT2D eigenvalue weighted by molar-refractivity contribution is 0.102. The minimum atomic E-state index is -0.843. The summed E-state index contributed by atoms with van der Waals surface area (Å²) in [6, 6.07) is 10.9. The lowest BCUT2D eigenvalue weighted by Crippen LogP contribution is -2.13. The normalized spacial score (nSPS) is 10.2. The first kappa shape index (κ1) is 15.5. The second-order valence-corrected chi connectivity index (χ2v) is 4.74. The maximum absolute atomic E-state index is 13.5. The van der Waals surface area contributed by atoms with Gasteiger partial charge >= 0.3 is 6.01 Å². The Kier molecular flexibility index (Phi) is 4.42. The Hall–Kier alpha value is -3.35. The Morgan fingerprint density at radius 3 is 2.38 bits per heavy atom. The molecule has 1 aromatic heterocycles. The fourth-order valence-electron chi connectivity index (χ4n) is 1.90. The molecule has 1 heterocycles. The third kappa shape index (κ3) is 3.70. The van der Waals surface area contributed by atoms with E-state index >= 15 is 0 Å². The Morgan fingerprint density at radius 1 is 1.00 bits per heavy atom. The number of carbonyl (C=O) groups is 1. The van der Waals surface area contributed by atoms with E-state index in [2.05, 4.69) is 15.3 Å². The lowest BCUT2D eigenvalue weighted by atomic mass is 10.2. The van der Waals surface area contributed by atoms with Gasteiger partial charge < -0.3 is 10.1 Å². The van der Waals surface area contributed by atoms with Gasteiger partial charge in [0.05, 0.1) is 5.69 Å². The molecule has 0 aliphatic carbocycles. The summed E-state index contributed by atoms with van der Waals surface area (Å²) < 4.78 is 31.8. The van der Waals surface area contributed by atoms with Gasteiger partial charge in [0.15, 0.2) is 0 Å². The molecule has 0 unspecified atom stereocenters. The molecular formula is C17H11F2N3O2. The smallest absolute Gasteiger partial charge is 0.321 e. The largest absolute Gasteiger partial charge is 0.424 e. The molecule has 0 fully saturated rings. The quantitative estimate of drug-likeness (QED) is 0.791. The molecule has 0 spiro atoms. The van der Waals surface area contributed by atoms with Gasteiger partial charge in [-0.3, -0.25) is 4.79 Å². The summed E-state index contributed by atoms with van der Waals surface area (Å²) in [6.45, 7) is 0. The summed E-state index contributed by atoms with van der Waals surface area (Å²) in [6.07, 6.45) is 3.09. The average molecular weight is 327 g/mol. The molecule has 1 amide bonds. The van der Waals surface area contributed by atoms with Gasteiger partial charge in [-0.1, -0.05) is 0 Å². The molecule has 24 heavy (non-hydrogen) atoms. The summed E-state index contributed by atoms with van der Waals surface area (Å²) in [5.74, 6) is -1.63. The summed E-state index contributed by atoms with van der Waals surface area (Å²) >= 11 is 0. The number of rotatable bonds is 4. The van der Waals surface area contributed by atoms with Crippen LogP contribution in [0.15, 0.2) is 60.9 Å². The Morgan fingerprint density at radius 2 is 1.71 bits per heavy atom. The van der Waals surface area contributed by atoms with Crippen LogP contribution in [0.3, 0.4) is 0 Å². The molecule has 3 rings (SSSR count). The third-order valence-electron chi connectivity index (χ3n) is 3.05. The van der Waals surface area contributed by atoms with Crippen molar-refractivity contribution < 1.29 is 18.3 Å². The first-order chi connectivity index (χ1) is 11.6. The van der Waals surface area contributed by atoms with Crippen molar-refractivity contribution >= 4 is 11.6 Å². The lowest BCUT2D eigenvalue weighted by Gasteiger charge is -2.07. The minimum Gasteiger partial charge on any atom is -0.424 e. The fourth-order valence-corrected chi connectivity index (χ4v) is 1.90. The summed E-state index contributed by atoms with van der Waals surface area (Å²) in [5, 5.41) is 2.38. The van der Waals surface area contributed by atoms with Gasteiger partial charge in [0.25, 0.3) is 5.91 Å². The van der Waals surface area contributed by atoms with Crippen LogP contribution in [-0.2, 0) is 0 Å². The molecule has 0 saturated carbocycles. The highest BCUT2D eigenvalue weighted by molar-refractivity contribution is 6.04. The molecular weight excluding hydrogens is 316 g/mol. The first-order valence-corrected chi connectivity index (χ1v) is 6.93. The van der Waals surface area contributed by atoms with E-state index in [1.54, 1.807) is 30.6 Å². The van der Waals surface area contributed by atoms with E-state index in [0.29, 0.717) is 17.4 Å². The zero-order valence-electron chi connectivity index (χ0n) is 12.2. The highest BCUT2D eigenvalue weighted by Gasteiger charge is 2.10. The number of nitrogens with zero attached hydrogens (tertiary/aromatic N) is 2. The highest BCUT2D eigenvalue weighted by Crippen LogP contribution is 2.19. The fraction of sp³-hybridized carbons (Fsp3) is 0. The van der Waals surface area contributed by atoms with E-state index in [0.717, 1.165) is 12.1 Å². The monoisotopic (exact) mass is 327 g/mol. The number of nitrogens with one attached hydrogen (secondary N) is 1. The van der Waals surface area contributed by atoms with E-state index in [-0.39, 0.29) is 11.7 Å². The van der Waals surface area contributed by atoms with Crippen molar-refractivity contribution in [2.24, 2.45) is 0 Å². The van der Waals surface area contributed by atoms with Crippen LogP contribution >= 0.6 is 0 Å². The zero-order chi connectivity index (χ0) is 16.9. The van der Waals surface area contributed by atoms with Crippen LogP contribution in [0, 0.1) is 11.6 Å². The SMILES string of the molecule is O=C(Nc1ccc(F)cc1F)c1ccc(Oc2ncccn2)cc1. The van der Waals surface area contributed by atoms with Crippen molar-refractivity contribution in [1.29, 1.82) is 0 Å². The third-order valence-corrected chi connectivity index (χ3v) is 3.05. The van der Waals surface area contributed by atoms with Crippen LogP contribution in [0.5, 0.6) is 11.8 Å². The van der Waals surface area contributed by atoms with Gasteiger partial charge in [0.1, 0.15) is 17.4 Å². The molecule has 0 aliphatic rings. The van der Waals surface area contributed by atoms with Crippen LogP contribution in [0.4, 0.5) is 14.5 Å². The van der Waals surface area contributed by atoms with Gasteiger partial charge in [-0.2, -0.15) is 0 Å². The predicted molar refractivity (Wildman–Crippen MR) is 82.9 cm³/mol. The van der Waals surface area contributed by atoms with Gasteiger partial charge in [0.2, 0.25) is 0 Å². The zero-order valence-corrected chi connectivity index (χ0v) is 12.2. The van der Waals surface area contributed by atoms with Gasteiger partial charge in [0, 0.05) is 24.0 Å². The topological polar surface area (TPSA) is 64.1 Å². The summed E-state index contributed by atoms with van der Waals surface area (Å²) in [4.78, 5) is 19.9. The van der Waals surface area contributed by atoms with Crippen LogP contribution < -0.4 is 10.1 Å². The van der Waals surface area contributed by atoms with Crippen molar-refractivity contribution in [3.8, 4) is 11.8 Å². The number of hydrogen-bond acceptors (Lipinski definition) is 4. The summed E-state index contributed by atoms with van der Waals surface area (Å²) in [5.41, 5.74) is 0.194. The van der Waals surface area contributed by atoms with Crippen molar-refractivity contribution in [1.82, 2.24) is 9.97 Å². The van der Waals surface area contributed by atoms with Gasteiger partial charge in [-0.15, -0.1) is 0 Å². The van der Waals surface area contributed by atoms with Gasteiger partial charge in [-0.05, 0) is 42.5 Å². The van der Waals surface area contributed by atoms with Gasteiger partial charge in [-0.25, -0.2) is 18.7 Å². The van der Waals surface area contributed by atoms with Crippen molar-refractivity contribution in [3.63, 3.8) is 0 Å². The molecule has 0 atom stereocenters. The van der Waals surface area contributed by atoms with Crippen molar-refractivity contribution in [2.45, 2.75) is 0 Å². The number of aromatic nitrogens is 2. The van der Waals surface area contributed by atoms with E-state index in [4.69, 9.17) is 4.74 Å². The number of anilines is 1. The van der Waals surface area contributed by atoms with Crippen LogP contribution in [0.25, 0.3) is 0 Å². The number of carbonyl (C=O) groups excluding carboxylic acids is 1. The molecule has 7 heteroatoms. The highest BCUT2D eigenvalue weighted by atomic mass is 19.1. The number of amides is 1.